The summed E-state index contributed by atoms with van der Waals surface area (Å²) in [5.41, 5.74) is 6.14. The highest BCUT2D eigenvalue weighted by Gasteiger charge is 2.40. The van der Waals surface area contributed by atoms with E-state index in [1.807, 2.05) is 0 Å². The van der Waals surface area contributed by atoms with Crippen LogP contribution >= 0.6 is 11.8 Å². The number of rotatable bonds is 3. The van der Waals surface area contributed by atoms with Gasteiger partial charge >= 0.3 is 0 Å². The molecular formula is C13H26N2S. The second-order valence-electron chi connectivity index (χ2n) is 5.76. The lowest BCUT2D eigenvalue weighted by atomic mass is 9.81. The third-order valence-corrected chi connectivity index (χ3v) is 6.35. The lowest BCUT2D eigenvalue weighted by Gasteiger charge is -2.49. The molecule has 2 fully saturated rings. The molecule has 2 rings (SSSR count). The van der Waals surface area contributed by atoms with Crippen molar-refractivity contribution in [3.63, 3.8) is 0 Å². The summed E-state index contributed by atoms with van der Waals surface area (Å²) >= 11 is 2.08. The highest BCUT2D eigenvalue weighted by molar-refractivity contribution is 8.00. The lowest BCUT2D eigenvalue weighted by molar-refractivity contribution is 0.0753. The Bertz CT molecular complexity index is 235. The van der Waals surface area contributed by atoms with Crippen molar-refractivity contribution in [1.29, 1.82) is 0 Å². The second kappa shape index (κ2) is 4.87. The molecule has 1 aliphatic carbocycles. The molecule has 1 saturated heterocycles. The van der Waals surface area contributed by atoms with Gasteiger partial charge in [-0.25, -0.2) is 0 Å². The first-order valence-corrected chi connectivity index (χ1v) is 7.85. The summed E-state index contributed by atoms with van der Waals surface area (Å²) in [6.07, 6.45) is 7.71. The molecule has 94 valence electrons. The number of likely N-dealkylation sites (tertiary alicyclic amines) is 1. The Morgan fingerprint density at radius 1 is 1.38 bits per heavy atom. The zero-order valence-electron chi connectivity index (χ0n) is 10.9. The van der Waals surface area contributed by atoms with E-state index in [0.717, 1.165) is 0 Å². The fourth-order valence-electron chi connectivity index (χ4n) is 3.06. The minimum absolute atomic E-state index is 0.415. The van der Waals surface area contributed by atoms with E-state index in [1.54, 1.807) is 0 Å². The molecule has 0 bridgehead atoms. The average molecular weight is 242 g/mol. The molecule has 2 nitrogen and oxygen atoms in total. The van der Waals surface area contributed by atoms with Crippen molar-refractivity contribution in [3.05, 3.63) is 0 Å². The number of piperidine rings is 1. The third-order valence-electron chi connectivity index (χ3n) is 4.95. The second-order valence-corrected chi connectivity index (χ2v) is 7.04. The molecule has 0 aromatic rings. The van der Waals surface area contributed by atoms with Gasteiger partial charge in [0, 0.05) is 23.4 Å². The Balaban J connectivity index is 1.94. The summed E-state index contributed by atoms with van der Waals surface area (Å²) in [6.45, 7) is 7.16. The maximum atomic E-state index is 6.14. The van der Waals surface area contributed by atoms with E-state index in [2.05, 4.69) is 36.8 Å². The summed E-state index contributed by atoms with van der Waals surface area (Å²) in [5.74, 6) is 0.646. The fourth-order valence-corrected chi connectivity index (χ4v) is 4.05. The zero-order chi connectivity index (χ0) is 11.8. The van der Waals surface area contributed by atoms with Crippen LogP contribution in [-0.2, 0) is 0 Å². The van der Waals surface area contributed by atoms with Crippen LogP contribution in [0.3, 0.4) is 0 Å². The van der Waals surface area contributed by atoms with Crippen LogP contribution in [0.4, 0.5) is 0 Å². The van der Waals surface area contributed by atoms with E-state index < -0.39 is 0 Å². The van der Waals surface area contributed by atoms with Crippen LogP contribution in [0.25, 0.3) is 0 Å². The molecule has 3 unspecified atom stereocenters. The molecule has 1 aliphatic heterocycles. The van der Waals surface area contributed by atoms with Gasteiger partial charge in [0.25, 0.3) is 0 Å². The van der Waals surface area contributed by atoms with Crippen molar-refractivity contribution in [2.45, 2.75) is 56.4 Å². The first-order valence-electron chi connectivity index (χ1n) is 6.63. The van der Waals surface area contributed by atoms with E-state index in [9.17, 15) is 0 Å². The molecule has 1 heterocycles. The SMILES string of the molecule is CSC1(CN2CCC(N)C(C)C2C)CCC1. The molecule has 3 atom stereocenters. The van der Waals surface area contributed by atoms with Gasteiger partial charge in [-0.05, 0) is 44.9 Å². The molecule has 2 N–H and O–H groups in total. The Morgan fingerprint density at radius 3 is 2.56 bits per heavy atom. The Hall–Kier alpha value is 0.270. The average Bonchev–Trinajstić information content (AvgIpc) is 2.23. The van der Waals surface area contributed by atoms with Crippen molar-refractivity contribution in [2.75, 3.05) is 19.3 Å². The normalized spacial score (nSPS) is 39.4. The summed E-state index contributed by atoms with van der Waals surface area (Å²) in [7, 11) is 0. The van der Waals surface area contributed by atoms with Gasteiger partial charge in [0.05, 0.1) is 0 Å². The van der Waals surface area contributed by atoms with Crippen molar-refractivity contribution in [3.8, 4) is 0 Å². The number of nitrogens with two attached hydrogens (primary N) is 1. The minimum atomic E-state index is 0.415. The standard InChI is InChI=1S/C13H26N2S/c1-10-11(2)15(8-5-12(10)14)9-13(16-3)6-4-7-13/h10-12H,4-9,14H2,1-3H3. The molecule has 0 spiro atoms. The monoisotopic (exact) mass is 242 g/mol. The van der Waals surface area contributed by atoms with Gasteiger partial charge in [-0.15, -0.1) is 0 Å². The van der Waals surface area contributed by atoms with E-state index >= 15 is 0 Å². The molecular weight excluding hydrogens is 216 g/mol. The molecule has 0 radical (unpaired) electrons. The first kappa shape index (κ1) is 12.7. The van der Waals surface area contributed by atoms with Crippen LogP contribution in [0, 0.1) is 5.92 Å². The topological polar surface area (TPSA) is 29.3 Å². The van der Waals surface area contributed by atoms with Crippen LogP contribution in [0.2, 0.25) is 0 Å². The maximum absolute atomic E-state index is 6.14. The molecule has 2 aliphatic rings. The van der Waals surface area contributed by atoms with Crippen LogP contribution in [-0.4, -0.2) is 41.1 Å². The molecule has 3 heteroatoms. The third kappa shape index (κ3) is 2.27. The van der Waals surface area contributed by atoms with Crippen molar-refractivity contribution >= 4 is 11.8 Å². The van der Waals surface area contributed by atoms with Gasteiger partial charge in [0.2, 0.25) is 0 Å². The minimum Gasteiger partial charge on any atom is -0.327 e. The van der Waals surface area contributed by atoms with Gasteiger partial charge < -0.3 is 5.73 Å². The molecule has 0 aromatic carbocycles. The number of hydrogen-bond donors (Lipinski definition) is 1. The lowest BCUT2D eigenvalue weighted by Crippen LogP contribution is -2.56. The van der Waals surface area contributed by atoms with Gasteiger partial charge in [-0.1, -0.05) is 13.3 Å². The first-order chi connectivity index (χ1) is 7.58. The maximum Gasteiger partial charge on any atom is 0.0284 e. The number of hydrogen-bond acceptors (Lipinski definition) is 3. The largest absolute Gasteiger partial charge is 0.327 e. The predicted molar refractivity (Wildman–Crippen MR) is 72.9 cm³/mol. The Labute approximate surface area is 104 Å². The summed E-state index contributed by atoms with van der Waals surface area (Å²) in [6, 6.07) is 1.08. The van der Waals surface area contributed by atoms with Gasteiger partial charge in [-0.2, -0.15) is 11.8 Å². The van der Waals surface area contributed by atoms with Crippen LogP contribution in [0.1, 0.15) is 39.5 Å². The predicted octanol–water partition coefficient (Wildman–Crippen LogP) is 2.33. The summed E-state index contributed by atoms with van der Waals surface area (Å²) in [4.78, 5) is 2.68. The van der Waals surface area contributed by atoms with Crippen LogP contribution in [0.15, 0.2) is 0 Å². The van der Waals surface area contributed by atoms with E-state index in [1.165, 1.54) is 38.8 Å². The molecule has 0 aromatic heterocycles. The summed E-state index contributed by atoms with van der Waals surface area (Å²) < 4.78 is 0.579. The molecule has 1 saturated carbocycles. The van der Waals surface area contributed by atoms with Gasteiger partial charge in [0.15, 0.2) is 0 Å². The summed E-state index contributed by atoms with van der Waals surface area (Å²) in [5, 5.41) is 0. The van der Waals surface area contributed by atoms with E-state index in [0.29, 0.717) is 22.7 Å². The number of thioether (sulfide) groups is 1. The van der Waals surface area contributed by atoms with E-state index in [-0.39, 0.29) is 0 Å². The Morgan fingerprint density at radius 2 is 2.06 bits per heavy atom. The van der Waals surface area contributed by atoms with Gasteiger partial charge in [0.1, 0.15) is 0 Å². The van der Waals surface area contributed by atoms with Crippen LogP contribution in [0.5, 0.6) is 0 Å². The number of nitrogens with zero attached hydrogens (tertiary/aromatic N) is 1. The molecule has 0 amide bonds. The van der Waals surface area contributed by atoms with Crippen LogP contribution < -0.4 is 5.73 Å². The van der Waals surface area contributed by atoms with Crippen molar-refractivity contribution in [1.82, 2.24) is 4.90 Å². The van der Waals surface area contributed by atoms with E-state index in [4.69, 9.17) is 5.73 Å². The smallest absolute Gasteiger partial charge is 0.0284 e. The zero-order valence-corrected chi connectivity index (χ0v) is 11.7. The fraction of sp³-hybridized carbons (Fsp3) is 1.00. The van der Waals surface area contributed by atoms with Crippen molar-refractivity contribution < 1.29 is 0 Å². The quantitative estimate of drug-likeness (QED) is 0.823. The van der Waals surface area contributed by atoms with Crippen molar-refractivity contribution in [2.24, 2.45) is 11.7 Å². The van der Waals surface area contributed by atoms with Gasteiger partial charge in [-0.3, -0.25) is 4.90 Å². The molecule has 16 heavy (non-hydrogen) atoms. The Kier molecular flexibility index (Phi) is 3.87. The highest BCUT2D eigenvalue weighted by Crippen LogP contribution is 2.44. The highest BCUT2D eigenvalue weighted by atomic mass is 32.2.